The van der Waals surface area contributed by atoms with Gasteiger partial charge >= 0.3 is 5.97 Å². The van der Waals surface area contributed by atoms with Gasteiger partial charge < -0.3 is 9.84 Å². The molecule has 0 aliphatic heterocycles. The summed E-state index contributed by atoms with van der Waals surface area (Å²) in [4.78, 5) is 11.4. The normalized spacial score (nSPS) is 14.1. The fourth-order valence-corrected chi connectivity index (χ4v) is 1.65. The standard InChI is InChI=1S/C12H13F3O3/c1-3-7(12(17)18-2)11(16)6-4-8(13)10(15)9(14)5-6/h4-5,7,11,16H,3H2,1-2H3. The van der Waals surface area contributed by atoms with E-state index in [1.54, 1.807) is 6.92 Å². The van der Waals surface area contributed by atoms with E-state index in [-0.39, 0.29) is 12.0 Å². The largest absolute Gasteiger partial charge is 0.469 e. The zero-order valence-electron chi connectivity index (χ0n) is 9.91. The number of rotatable bonds is 4. The van der Waals surface area contributed by atoms with Crippen LogP contribution in [0.25, 0.3) is 0 Å². The highest BCUT2D eigenvalue weighted by atomic mass is 19.2. The highest BCUT2D eigenvalue weighted by molar-refractivity contribution is 5.73. The van der Waals surface area contributed by atoms with Crippen molar-refractivity contribution in [1.82, 2.24) is 0 Å². The van der Waals surface area contributed by atoms with Crippen LogP contribution in [-0.4, -0.2) is 18.2 Å². The first kappa shape index (κ1) is 14.5. The molecule has 0 bridgehead atoms. The second-order valence-corrected chi connectivity index (χ2v) is 3.78. The van der Waals surface area contributed by atoms with Crippen LogP contribution in [0, 0.1) is 23.4 Å². The Labute approximate surface area is 102 Å². The maximum absolute atomic E-state index is 13.0. The van der Waals surface area contributed by atoms with Crippen molar-refractivity contribution in [2.75, 3.05) is 7.11 Å². The van der Waals surface area contributed by atoms with Crippen molar-refractivity contribution < 1.29 is 27.8 Å². The van der Waals surface area contributed by atoms with Gasteiger partial charge in [-0.1, -0.05) is 6.92 Å². The van der Waals surface area contributed by atoms with Crippen LogP contribution in [0.15, 0.2) is 12.1 Å². The molecule has 1 N–H and O–H groups in total. The predicted octanol–water partition coefficient (Wildman–Crippen LogP) is 2.34. The van der Waals surface area contributed by atoms with E-state index in [1.807, 2.05) is 0 Å². The van der Waals surface area contributed by atoms with Crippen LogP contribution in [-0.2, 0) is 9.53 Å². The zero-order chi connectivity index (χ0) is 13.9. The van der Waals surface area contributed by atoms with Crippen molar-refractivity contribution in [3.8, 4) is 0 Å². The third-order valence-electron chi connectivity index (χ3n) is 2.67. The summed E-state index contributed by atoms with van der Waals surface area (Å²) >= 11 is 0. The molecule has 0 heterocycles. The number of halogens is 3. The van der Waals surface area contributed by atoms with E-state index in [1.165, 1.54) is 0 Å². The molecular weight excluding hydrogens is 249 g/mol. The molecule has 0 saturated carbocycles. The molecule has 0 radical (unpaired) electrons. The van der Waals surface area contributed by atoms with Gasteiger partial charge in [0, 0.05) is 0 Å². The van der Waals surface area contributed by atoms with Crippen LogP contribution in [0.5, 0.6) is 0 Å². The molecule has 0 fully saturated rings. The van der Waals surface area contributed by atoms with E-state index in [0.717, 1.165) is 7.11 Å². The van der Waals surface area contributed by atoms with Crippen LogP contribution in [0.3, 0.4) is 0 Å². The number of esters is 1. The number of carbonyl (C=O) groups is 1. The van der Waals surface area contributed by atoms with E-state index in [0.29, 0.717) is 12.1 Å². The maximum Gasteiger partial charge on any atom is 0.311 e. The van der Waals surface area contributed by atoms with Gasteiger partial charge in [0.1, 0.15) is 0 Å². The van der Waals surface area contributed by atoms with Crippen LogP contribution in [0.4, 0.5) is 13.2 Å². The minimum Gasteiger partial charge on any atom is -0.469 e. The van der Waals surface area contributed by atoms with Gasteiger partial charge in [-0.25, -0.2) is 13.2 Å². The number of carbonyl (C=O) groups excluding carboxylic acids is 1. The van der Waals surface area contributed by atoms with Crippen molar-refractivity contribution >= 4 is 5.97 Å². The quantitative estimate of drug-likeness (QED) is 0.669. The second kappa shape index (κ2) is 5.86. The molecule has 18 heavy (non-hydrogen) atoms. The van der Waals surface area contributed by atoms with Crippen LogP contribution >= 0.6 is 0 Å². The molecule has 6 heteroatoms. The Morgan fingerprint density at radius 2 is 1.83 bits per heavy atom. The van der Waals surface area contributed by atoms with E-state index >= 15 is 0 Å². The summed E-state index contributed by atoms with van der Waals surface area (Å²) in [6, 6.07) is 1.32. The Morgan fingerprint density at radius 3 is 2.22 bits per heavy atom. The van der Waals surface area contributed by atoms with Crippen molar-refractivity contribution in [2.45, 2.75) is 19.4 Å². The van der Waals surface area contributed by atoms with Crippen molar-refractivity contribution in [2.24, 2.45) is 5.92 Å². The molecule has 0 spiro atoms. The molecule has 2 atom stereocenters. The fourth-order valence-electron chi connectivity index (χ4n) is 1.65. The van der Waals surface area contributed by atoms with E-state index in [2.05, 4.69) is 4.74 Å². The number of aliphatic hydroxyl groups excluding tert-OH is 1. The third-order valence-corrected chi connectivity index (χ3v) is 2.67. The van der Waals surface area contributed by atoms with Crippen LogP contribution < -0.4 is 0 Å². The molecule has 0 aromatic heterocycles. The Kier molecular flexibility index (Phi) is 4.72. The summed E-state index contributed by atoms with van der Waals surface area (Å²) in [5, 5.41) is 9.86. The number of hydrogen-bond donors (Lipinski definition) is 1. The number of benzene rings is 1. The fraction of sp³-hybridized carbons (Fsp3) is 0.417. The Morgan fingerprint density at radius 1 is 1.33 bits per heavy atom. The lowest BCUT2D eigenvalue weighted by atomic mass is 9.93. The zero-order valence-corrected chi connectivity index (χ0v) is 9.91. The summed E-state index contributed by atoms with van der Waals surface area (Å²) in [5.74, 6) is -6.10. The number of aliphatic hydroxyl groups is 1. The highest BCUT2D eigenvalue weighted by Crippen LogP contribution is 2.27. The summed E-state index contributed by atoms with van der Waals surface area (Å²) in [6.45, 7) is 1.61. The molecule has 0 aliphatic rings. The Bertz CT molecular complexity index is 425. The maximum atomic E-state index is 13.0. The third kappa shape index (κ3) is 2.81. The van der Waals surface area contributed by atoms with Crippen molar-refractivity contribution in [1.29, 1.82) is 0 Å². The SMILES string of the molecule is CCC(C(=O)OC)C(O)c1cc(F)c(F)c(F)c1. The average Bonchev–Trinajstić information content (AvgIpc) is 2.35. The lowest BCUT2D eigenvalue weighted by molar-refractivity contribution is -0.149. The molecule has 0 saturated heterocycles. The summed E-state index contributed by atoms with van der Waals surface area (Å²) in [7, 11) is 1.14. The summed E-state index contributed by atoms with van der Waals surface area (Å²) < 4.78 is 43.2. The minimum absolute atomic E-state index is 0.205. The molecule has 100 valence electrons. The summed E-state index contributed by atoms with van der Waals surface area (Å²) in [5.41, 5.74) is -0.205. The van der Waals surface area contributed by atoms with Crippen LogP contribution in [0.1, 0.15) is 25.0 Å². The van der Waals surface area contributed by atoms with Crippen molar-refractivity contribution in [3.05, 3.63) is 35.1 Å². The molecule has 1 aromatic rings. The van der Waals surface area contributed by atoms with Crippen molar-refractivity contribution in [3.63, 3.8) is 0 Å². The van der Waals surface area contributed by atoms with Gasteiger partial charge in [-0.2, -0.15) is 0 Å². The van der Waals surface area contributed by atoms with Gasteiger partial charge in [-0.05, 0) is 24.1 Å². The lowest BCUT2D eigenvalue weighted by Gasteiger charge is -2.19. The smallest absolute Gasteiger partial charge is 0.311 e. The van der Waals surface area contributed by atoms with E-state index < -0.39 is 35.4 Å². The van der Waals surface area contributed by atoms with E-state index in [4.69, 9.17) is 0 Å². The monoisotopic (exact) mass is 262 g/mol. The second-order valence-electron chi connectivity index (χ2n) is 3.78. The number of methoxy groups -OCH3 is 1. The Hall–Kier alpha value is -1.56. The Balaban J connectivity index is 3.09. The first-order valence-corrected chi connectivity index (χ1v) is 5.32. The molecular formula is C12H13F3O3. The molecule has 2 unspecified atom stereocenters. The van der Waals surface area contributed by atoms with Gasteiger partial charge in [0.15, 0.2) is 17.5 Å². The van der Waals surface area contributed by atoms with E-state index in [9.17, 15) is 23.1 Å². The van der Waals surface area contributed by atoms with Gasteiger partial charge in [0.05, 0.1) is 19.1 Å². The molecule has 1 rings (SSSR count). The van der Waals surface area contributed by atoms with Gasteiger partial charge in [0.25, 0.3) is 0 Å². The van der Waals surface area contributed by atoms with Gasteiger partial charge in [-0.15, -0.1) is 0 Å². The molecule has 0 amide bonds. The number of ether oxygens (including phenoxy) is 1. The lowest BCUT2D eigenvalue weighted by Crippen LogP contribution is -2.23. The van der Waals surface area contributed by atoms with Crippen LogP contribution in [0.2, 0.25) is 0 Å². The summed E-state index contributed by atoms with van der Waals surface area (Å²) in [6.07, 6.45) is -1.24. The molecule has 3 nitrogen and oxygen atoms in total. The first-order chi connectivity index (χ1) is 8.42. The molecule has 1 aromatic carbocycles. The molecule has 0 aliphatic carbocycles. The van der Waals surface area contributed by atoms with Gasteiger partial charge in [0.2, 0.25) is 0 Å². The predicted molar refractivity (Wildman–Crippen MR) is 57.1 cm³/mol. The number of hydrogen-bond acceptors (Lipinski definition) is 3. The minimum atomic E-state index is -1.61. The van der Waals surface area contributed by atoms with Gasteiger partial charge in [-0.3, -0.25) is 4.79 Å². The highest BCUT2D eigenvalue weighted by Gasteiger charge is 2.28. The first-order valence-electron chi connectivity index (χ1n) is 5.32. The topological polar surface area (TPSA) is 46.5 Å². The average molecular weight is 262 g/mol.